The van der Waals surface area contributed by atoms with Crippen molar-refractivity contribution in [1.29, 1.82) is 0 Å². The van der Waals surface area contributed by atoms with Crippen molar-refractivity contribution < 1.29 is 13.2 Å². The minimum Gasteiger partial charge on any atom is -0.379 e. The number of hydrogen-bond acceptors (Lipinski definition) is 5. The predicted molar refractivity (Wildman–Crippen MR) is 103 cm³/mol. The quantitative estimate of drug-likeness (QED) is 0.755. The average molecular weight is 396 g/mol. The summed E-state index contributed by atoms with van der Waals surface area (Å²) in [7, 11) is -3.46. The van der Waals surface area contributed by atoms with E-state index in [1.165, 1.54) is 10.00 Å². The third kappa shape index (κ3) is 4.25. The third-order valence-corrected chi connectivity index (χ3v) is 7.29. The fourth-order valence-electron chi connectivity index (χ4n) is 2.83. The predicted octanol–water partition coefficient (Wildman–Crippen LogP) is 2.91. The van der Waals surface area contributed by atoms with Gasteiger partial charge in [0.2, 0.25) is 10.0 Å². The molecule has 1 aliphatic rings. The van der Waals surface area contributed by atoms with E-state index in [-0.39, 0.29) is 0 Å². The smallest absolute Gasteiger partial charge is 0.243 e. The molecule has 6 nitrogen and oxygen atoms in total. The van der Waals surface area contributed by atoms with E-state index in [0.29, 0.717) is 31.2 Å². The molecule has 0 unspecified atom stereocenters. The van der Waals surface area contributed by atoms with Gasteiger partial charge in [0, 0.05) is 30.7 Å². The first kappa shape index (κ1) is 19.3. The molecule has 1 aromatic carbocycles. The van der Waals surface area contributed by atoms with Crippen molar-refractivity contribution in [3.05, 3.63) is 40.1 Å². The standard InChI is InChI=1S/C18H25N3O3S2/c1-3-4-9-21-15(2)14-25-18(21)19-16-5-7-17(8-6-16)26(22,23)20-10-12-24-13-11-20/h5-8,14H,3-4,9-13H2,1-2H3. The van der Waals surface area contributed by atoms with Crippen LogP contribution in [0.25, 0.3) is 0 Å². The topological polar surface area (TPSA) is 63.9 Å². The zero-order valence-corrected chi connectivity index (χ0v) is 16.9. The summed E-state index contributed by atoms with van der Waals surface area (Å²) in [6, 6.07) is 6.82. The van der Waals surface area contributed by atoms with Gasteiger partial charge >= 0.3 is 0 Å². The monoisotopic (exact) mass is 395 g/mol. The van der Waals surface area contributed by atoms with E-state index >= 15 is 0 Å². The average Bonchev–Trinajstić information content (AvgIpc) is 3.00. The van der Waals surface area contributed by atoms with Gasteiger partial charge in [-0.25, -0.2) is 13.4 Å². The number of nitrogens with zero attached hydrogens (tertiary/aromatic N) is 3. The number of sulfonamides is 1. The summed E-state index contributed by atoms with van der Waals surface area (Å²) in [4.78, 5) is 5.95. The van der Waals surface area contributed by atoms with Crippen LogP contribution >= 0.6 is 11.3 Å². The number of rotatable bonds is 6. The zero-order chi connectivity index (χ0) is 18.6. The first-order valence-corrected chi connectivity index (χ1v) is 11.2. The van der Waals surface area contributed by atoms with Gasteiger partial charge in [0.1, 0.15) is 0 Å². The lowest BCUT2D eigenvalue weighted by atomic mass is 10.3. The number of aryl methyl sites for hydroxylation is 1. The maximum Gasteiger partial charge on any atom is 0.243 e. The van der Waals surface area contributed by atoms with E-state index < -0.39 is 10.0 Å². The summed E-state index contributed by atoms with van der Waals surface area (Å²) in [6.07, 6.45) is 2.25. The van der Waals surface area contributed by atoms with Gasteiger partial charge in [-0.15, -0.1) is 11.3 Å². The molecule has 0 saturated carbocycles. The minimum atomic E-state index is -3.46. The van der Waals surface area contributed by atoms with Crippen LogP contribution in [0.5, 0.6) is 0 Å². The molecular formula is C18H25N3O3S2. The number of ether oxygens (including phenoxy) is 1. The highest BCUT2D eigenvalue weighted by molar-refractivity contribution is 7.89. The third-order valence-electron chi connectivity index (χ3n) is 4.40. The highest BCUT2D eigenvalue weighted by Crippen LogP contribution is 2.20. The molecule has 142 valence electrons. The molecule has 8 heteroatoms. The lowest BCUT2D eigenvalue weighted by molar-refractivity contribution is 0.0730. The Kier molecular flexibility index (Phi) is 6.29. The Bertz CT molecular complexity index is 893. The van der Waals surface area contributed by atoms with Gasteiger partial charge in [0.05, 0.1) is 23.8 Å². The molecular weight excluding hydrogens is 370 g/mol. The molecule has 0 amide bonds. The van der Waals surface area contributed by atoms with Crippen molar-refractivity contribution in [2.75, 3.05) is 26.3 Å². The Labute approximate surface area is 158 Å². The van der Waals surface area contributed by atoms with Crippen LogP contribution in [0.2, 0.25) is 0 Å². The summed E-state index contributed by atoms with van der Waals surface area (Å²) < 4.78 is 34.3. The molecule has 0 aliphatic carbocycles. The van der Waals surface area contributed by atoms with Gasteiger partial charge in [0.15, 0.2) is 4.80 Å². The molecule has 1 aliphatic heterocycles. The minimum absolute atomic E-state index is 0.305. The maximum atomic E-state index is 12.7. The maximum absolute atomic E-state index is 12.7. The largest absolute Gasteiger partial charge is 0.379 e. The Hall–Kier alpha value is -1.48. The van der Waals surface area contributed by atoms with Gasteiger partial charge in [-0.05, 0) is 37.6 Å². The lowest BCUT2D eigenvalue weighted by Crippen LogP contribution is -2.40. The van der Waals surface area contributed by atoms with Crippen LogP contribution in [0.3, 0.4) is 0 Å². The Morgan fingerprint density at radius 1 is 1.19 bits per heavy atom. The van der Waals surface area contributed by atoms with E-state index in [2.05, 4.69) is 23.8 Å². The van der Waals surface area contributed by atoms with Gasteiger partial charge in [-0.2, -0.15) is 4.31 Å². The molecule has 2 aromatic rings. The van der Waals surface area contributed by atoms with E-state index in [0.717, 1.165) is 29.9 Å². The Morgan fingerprint density at radius 2 is 1.88 bits per heavy atom. The van der Waals surface area contributed by atoms with Crippen LogP contribution in [-0.4, -0.2) is 43.6 Å². The molecule has 1 fully saturated rings. The molecule has 0 atom stereocenters. The van der Waals surface area contributed by atoms with E-state index in [1.807, 2.05) is 0 Å². The van der Waals surface area contributed by atoms with Crippen molar-refractivity contribution in [2.45, 2.75) is 38.1 Å². The summed E-state index contributed by atoms with van der Waals surface area (Å²) in [6.45, 7) is 6.91. The molecule has 0 bridgehead atoms. The first-order chi connectivity index (χ1) is 12.5. The second-order valence-electron chi connectivity index (χ2n) is 6.29. The fraction of sp³-hybridized carbons (Fsp3) is 0.500. The van der Waals surface area contributed by atoms with E-state index in [1.54, 1.807) is 35.6 Å². The molecule has 0 radical (unpaired) electrons. The van der Waals surface area contributed by atoms with Gasteiger partial charge in [0.25, 0.3) is 0 Å². The molecule has 1 aromatic heterocycles. The molecule has 0 spiro atoms. The van der Waals surface area contributed by atoms with Crippen molar-refractivity contribution in [2.24, 2.45) is 4.99 Å². The van der Waals surface area contributed by atoms with Crippen LogP contribution in [0, 0.1) is 6.92 Å². The second kappa shape index (κ2) is 8.47. The normalized spacial score (nSPS) is 16.9. The van der Waals surface area contributed by atoms with Gasteiger partial charge in [-0.1, -0.05) is 13.3 Å². The zero-order valence-electron chi connectivity index (χ0n) is 15.2. The Balaban J connectivity index is 1.84. The summed E-state index contributed by atoms with van der Waals surface area (Å²) in [5.41, 5.74) is 1.96. The Morgan fingerprint density at radius 3 is 2.54 bits per heavy atom. The summed E-state index contributed by atoms with van der Waals surface area (Å²) in [5, 5.41) is 2.10. The van der Waals surface area contributed by atoms with Crippen LogP contribution in [0.15, 0.2) is 39.5 Å². The van der Waals surface area contributed by atoms with Crippen molar-refractivity contribution in [1.82, 2.24) is 8.87 Å². The fourth-order valence-corrected chi connectivity index (χ4v) is 5.16. The second-order valence-corrected chi connectivity index (χ2v) is 9.06. The highest BCUT2D eigenvalue weighted by atomic mass is 32.2. The molecule has 26 heavy (non-hydrogen) atoms. The first-order valence-electron chi connectivity index (χ1n) is 8.90. The van der Waals surface area contributed by atoms with Crippen LogP contribution in [0.1, 0.15) is 25.5 Å². The molecule has 3 rings (SSSR count). The molecule has 2 heterocycles. The van der Waals surface area contributed by atoms with Crippen molar-refractivity contribution in [3.63, 3.8) is 0 Å². The van der Waals surface area contributed by atoms with Crippen molar-refractivity contribution in [3.8, 4) is 0 Å². The van der Waals surface area contributed by atoms with Crippen LogP contribution < -0.4 is 4.80 Å². The molecule has 1 saturated heterocycles. The van der Waals surface area contributed by atoms with Gasteiger partial charge < -0.3 is 9.30 Å². The number of unbranched alkanes of at least 4 members (excludes halogenated alkanes) is 1. The molecule has 0 N–H and O–H groups in total. The van der Waals surface area contributed by atoms with E-state index in [4.69, 9.17) is 9.73 Å². The van der Waals surface area contributed by atoms with Crippen LogP contribution in [-0.2, 0) is 21.3 Å². The number of thiazole rings is 1. The highest BCUT2D eigenvalue weighted by Gasteiger charge is 2.26. The summed E-state index contributed by atoms with van der Waals surface area (Å²) in [5.74, 6) is 0. The van der Waals surface area contributed by atoms with Gasteiger partial charge in [-0.3, -0.25) is 0 Å². The SMILES string of the molecule is CCCCn1c(C)csc1=Nc1ccc(S(=O)(=O)N2CCOCC2)cc1. The summed E-state index contributed by atoms with van der Waals surface area (Å²) >= 11 is 1.61. The number of aromatic nitrogens is 1. The number of morpholine rings is 1. The lowest BCUT2D eigenvalue weighted by Gasteiger charge is -2.26. The number of benzene rings is 1. The van der Waals surface area contributed by atoms with Crippen LogP contribution in [0.4, 0.5) is 5.69 Å². The van der Waals surface area contributed by atoms with Crippen molar-refractivity contribution >= 4 is 27.0 Å². The number of hydrogen-bond donors (Lipinski definition) is 0. The van der Waals surface area contributed by atoms with E-state index in [9.17, 15) is 8.42 Å².